The normalized spacial score (nSPS) is 11.0. The third kappa shape index (κ3) is 3.63. The van der Waals surface area contributed by atoms with Crippen molar-refractivity contribution in [1.29, 1.82) is 0 Å². The molecule has 0 atom stereocenters. The van der Waals surface area contributed by atoms with E-state index >= 15 is 0 Å². The van der Waals surface area contributed by atoms with Crippen molar-refractivity contribution in [2.24, 2.45) is 5.73 Å². The molecule has 2 heterocycles. The van der Waals surface area contributed by atoms with Crippen LogP contribution in [0.3, 0.4) is 0 Å². The van der Waals surface area contributed by atoms with Crippen molar-refractivity contribution in [2.75, 3.05) is 7.05 Å². The molecule has 2 N–H and O–H groups in total. The molecule has 2 aromatic heterocycles. The largest absolute Gasteiger partial charge is 0.326 e. The second-order valence-corrected chi connectivity index (χ2v) is 5.15. The van der Waals surface area contributed by atoms with Gasteiger partial charge >= 0.3 is 0 Å². The van der Waals surface area contributed by atoms with Crippen molar-refractivity contribution in [2.45, 2.75) is 19.6 Å². The Morgan fingerprint density at radius 1 is 1.29 bits per heavy atom. The van der Waals surface area contributed by atoms with E-state index in [4.69, 9.17) is 5.73 Å². The first-order valence-corrected chi connectivity index (χ1v) is 6.50. The number of hydrogen-bond acceptors (Lipinski definition) is 4. The predicted octanol–water partition coefficient (Wildman–Crippen LogP) is 2.23. The minimum Gasteiger partial charge on any atom is -0.326 e. The minimum absolute atomic E-state index is 0.554. The minimum atomic E-state index is 0.554. The van der Waals surface area contributed by atoms with Crippen LogP contribution in [0.5, 0.6) is 0 Å². The Kier molecular flexibility index (Phi) is 4.25. The van der Waals surface area contributed by atoms with Crippen LogP contribution in [0.2, 0.25) is 0 Å². The summed E-state index contributed by atoms with van der Waals surface area (Å²) in [4.78, 5) is 8.04. The Bertz CT molecular complexity index is 436. The molecule has 0 aliphatic carbocycles. The van der Waals surface area contributed by atoms with E-state index in [9.17, 15) is 0 Å². The van der Waals surface area contributed by atoms with Gasteiger partial charge in [-0.05, 0) is 30.1 Å². The van der Waals surface area contributed by atoms with Gasteiger partial charge in [-0.15, -0.1) is 11.3 Å². The van der Waals surface area contributed by atoms with E-state index in [0.29, 0.717) is 6.54 Å². The number of pyridine rings is 1. The van der Waals surface area contributed by atoms with Gasteiger partial charge < -0.3 is 5.73 Å². The molecule has 90 valence electrons. The Balaban J connectivity index is 1.91. The molecule has 4 heteroatoms. The van der Waals surface area contributed by atoms with E-state index in [1.54, 1.807) is 11.3 Å². The molecule has 0 saturated carbocycles. The number of hydrogen-bond donors (Lipinski definition) is 1. The van der Waals surface area contributed by atoms with Crippen molar-refractivity contribution >= 4 is 11.3 Å². The summed E-state index contributed by atoms with van der Waals surface area (Å²) in [5, 5.41) is 2.11. The fourth-order valence-electron chi connectivity index (χ4n) is 1.67. The summed E-state index contributed by atoms with van der Waals surface area (Å²) in [5.41, 5.74) is 7.71. The second-order valence-electron chi connectivity index (χ2n) is 4.11. The van der Waals surface area contributed by atoms with Crippen molar-refractivity contribution in [3.05, 3.63) is 52.0 Å². The standard InChI is InChI=1S/C13H17N3S/c1-16(10-13-3-2-6-17-13)9-12-5-4-11(7-14)8-15-12/h2-6,8H,7,9-10,14H2,1H3. The highest BCUT2D eigenvalue weighted by Gasteiger charge is 2.03. The molecule has 0 aromatic carbocycles. The van der Waals surface area contributed by atoms with Crippen LogP contribution in [0.1, 0.15) is 16.1 Å². The summed E-state index contributed by atoms with van der Waals surface area (Å²) >= 11 is 1.79. The van der Waals surface area contributed by atoms with Gasteiger partial charge in [0.15, 0.2) is 0 Å². The third-order valence-electron chi connectivity index (χ3n) is 2.56. The zero-order valence-corrected chi connectivity index (χ0v) is 10.8. The first-order valence-electron chi connectivity index (χ1n) is 5.62. The molecule has 2 rings (SSSR count). The van der Waals surface area contributed by atoms with Crippen molar-refractivity contribution in [3.8, 4) is 0 Å². The topological polar surface area (TPSA) is 42.1 Å². The molecule has 0 fully saturated rings. The second kappa shape index (κ2) is 5.91. The Morgan fingerprint density at radius 3 is 2.76 bits per heavy atom. The molecular weight excluding hydrogens is 230 g/mol. The Morgan fingerprint density at radius 2 is 2.18 bits per heavy atom. The van der Waals surface area contributed by atoms with E-state index in [1.807, 2.05) is 18.3 Å². The van der Waals surface area contributed by atoms with Crippen LogP contribution < -0.4 is 5.73 Å². The van der Waals surface area contributed by atoms with Crippen molar-refractivity contribution < 1.29 is 0 Å². The fraction of sp³-hybridized carbons (Fsp3) is 0.308. The summed E-state index contributed by atoms with van der Waals surface area (Å²) in [7, 11) is 2.11. The van der Waals surface area contributed by atoms with Gasteiger partial charge in [-0.25, -0.2) is 0 Å². The zero-order chi connectivity index (χ0) is 12.1. The monoisotopic (exact) mass is 247 g/mol. The average molecular weight is 247 g/mol. The highest BCUT2D eigenvalue weighted by atomic mass is 32.1. The molecule has 0 unspecified atom stereocenters. The van der Waals surface area contributed by atoms with E-state index in [2.05, 4.69) is 34.4 Å². The summed E-state index contributed by atoms with van der Waals surface area (Å²) in [5.74, 6) is 0. The highest BCUT2D eigenvalue weighted by Crippen LogP contribution is 2.12. The van der Waals surface area contributed by atoms with Crippen LogP contribution in [-0.4, -0.2) is 16.9 Å². The lowest BCUT2D eigenvalue weighted by Gasteiger charge is -2.15. The van der Waals surface area contributed by atoms with Gasteiger partial charge in [-0.2, -0.15) is 0 Å². The summed E-state index contributed by atoms with van der Waals surface area (Å²) in [6.45, 7) is 2.39. The van der Waals surface area contributed by atoms with Crippen molar-refractivity contribution in [1.82, 2.24) is 9.88 Å². The van der Waals surface area contributed by atoms with E-state index < -0.39 is 0 Å². The maximum Gasteiger partial charge on any atom is 0.0544 e. The third-order valence-corrected chi connectivity index (χ3v) is 3.42. The van der Waals surface area contributed by atoms with Gasteiger partial charge in [0.05, 0.1) is 5.69 Å². The smallest absolute Gasteiger partial charge is 0.0544 e. The summed E-state index contributed by atoms with van der Waals surface area (Å²) in [6.07, 6.45) is 1.86. The summed E-state index contributed by atoms with van der Waals surface area (Å²) in [6, 6.07) is 8.34. The first kappa shape index (κ1) is 12.2. The van der Waals surface area contributed by atoms with Crippen LogP contribution in [0.15, 0.2) is 35.8 Å². The molecule has 3 nitrogen and oxygen atoms in total. The maximum atomic E-state index is 5.54. The molecule has 0 bridgehead atoms. The molecule has 0 saturated heterocycles. The van der Waals surface area contributed by atoms with Crippen LogP contribution in [0, 0.1) is 0 Å². The molecule has 0 radical (unpaired) electrons. The number of nitrogens with two attached hydrogens (primary N) is 1. The molecule has 0 amide bonds. The predicted molar refractivity (Wildman–Crippen MR) is 71.6 cm³/mol. The van der Waals surface area contributed by atoms with Gasteiger partial charge in [-0.3, -0.25) is 9.88 Å². The molecule has 0 aliphatic rings. The van der Waals surface area contributed by atoms with Crippen LogP contribution >= 0.6 is 11.3 Å². The molecule has 2 aromatic rings. The lowest BCUT2D eigenvalue weighted by molar-refractivity contribution is 0.318. The van der Waals surface area contributed by atoms with Gasteiger partial charge in [0.1, 0.15) is 0 Å². The van der Waals surface area contributed by atoms with Gasteiger partial charge in [0, 0.05) is 30.7 Å². The lowest BCUT2D eigenvalue weighted by atomic mass is 10.2. The Hall–Kier alpha value is -1.23. The van der Waals surface area contributed by atoms with Gasteiger partial charge in [-0.1, -0.05) is 12.1 Å². The number of thiophene rings is 1. The van der Waals surface area contributed by atoms with E-state index in [-0.39, 0.29) is 0 Å². The molecule has 0 spiro atoms. The average Bonchev–Trinajstić information content (AvgIpc) is 2.82. The number of nitrogens with zero attached hydrogens (tertiary/aromatic N) is 2. The van der Waals surface area contributed by atoms with Crippen LogP contribution in [0.25, 0.3) is 0 Å². The molecule has 17 heavy (non-hydrogen) atoms. The van der Waals surface area contributed by atoms with Crippen LogP contribution in [0.4, 0.5) is 0 Å². The van der Waals surface area contributed by atoms with E-state index in [0.717, 1.165) is 24.3 Å². The lowest BCUT2D eigenvalue weighted by Crippen LogP contribution is -2.17. The fourth-order valence-corrected chi connectivity index (χ4v) is 2.45. The molecule has 0 aliphatic heterocycles. The maximum absolute atomic E-state index is 5.54. The van der Waals surface area contributed by atoms with Crippen LogP contribution in [-0.2, 0) is 19.6 Å². The van der Waals surface area contributed by atoms with E-state index in [1.165, 1.54) is 4.88 Å². The van der Waals surface area contributed by atoms with Gasteiger partial charge in [0.2, 0.25) is 0 Å². The van der Waals surface area contributed by atoms with Crippen molar-refractivity contribution in [3.63, 3.8) is 0 Å². The quantitative estimate of drug-likeness (QED) is 0.881. The SMILES string of the molecule is CN(Cc1ccc(CN)cn1)Cc1cccs1. The molecular formula is C13H17N3S. The highest BCUT2D eigenvalue weighted by molar-refractivity contribution is 7.09. The number of rotatable bonds is 5. The first-order chi connectivity index (χ1) is 8.28. The Labute approximate surface area is 106 Å². The number of aromatic nitrogens is 1. The summed E-state index contributed by atoms with van der Waals surface area (Å²) < 4.78 is 0. The van der Waals surface area contributed by atoms with Gasteiger partial charge in [0.25, 0.3) is 0 Å². The zero-order valence-electron chi connectivity index (χ0n) is 9.97.